The predicted molar refractivity (Wildman–Crippen MR) is 105 cm³/mol. The van der Waals surface area contributed by atoms with Gasteiger partial charge in [-0.2, -0.15) is 0 Å². The number of hydrogen-bond acceptors (Lipinski definition) is 4. The van der Waals surface area contributed by atoms with Crippen LogP contribution in [0, 0.1) is 12.7 Å². The molecule has 0 fully saturated rings. The van der Waals surface area contributed by atoms with E-state index in [2.05, 4.69) is 0 Å². The topological polar surface area (TPSA) is 72.2 Å². The highest BCUT2D eigenvalue weighted by atomic mass is 32.1. The molecule has 142 valence electrons. The van der Waals surface area contributed by atoms with Crippen LogP contribution in [0.4, 0.5) is 4.39 Å². The first kappa shape index (κ1) is 19.2. The number of aliphatic carboxylic acids is 1. The lowest BCUT2D eigenvalue weighted by Gasteiger charge is -2.12. The molecule has 0 atom stereocenters. The van der Waals surface area contributed by atoms with Crippen molar-refractivity contribution >= 4 is 27.5 Å². The molecule has 27 heavy (non-hydrogen) atoms. The average molecular weight is 388 g/mol. The Labute approximate surface area is 160 Å². The van der Waals surface area contributed by atoms with Crippen LogP contribution in [0.15, 0.2) is 29.1 Å². The molecule has 0 unspecified atom stereocenters. The summed E-state index contributed by atoms with van der Waals surface area (Å²) in [5, 5.41) is 9.42. The zero-order valence-corrected chi connectivity index (χ0v) is 16.1. The van der Waals surface area contributed by atoms with Crippen molar-refractivity contribution in [2.24, 2.45) is 0 Å². The lowest BCUT2D eigenvalue weighted by molar-refractivity contribution is -0.137. The predicted octanol–water partition coefficient (Wildman–Crippen LogP) is 4.39. The molecule has 1 aromatic carbocycles. The van der Waals surface area contributed by atoms with Crippen LogP contribution in [0.1, 0.15) is 36.9 Å². The van der Waals surface area contributed by atoms with Crippen molar-refractivity contribution in [3.63, 3.8) is 0 Å². The van der Waals surface area contributed by atoms with E-state index in [1.807, 2.05) is 13.8 Å². The van der Waals surface area contributed by atoms with Crippen LogP contribution in [0.25, 0.3) is 21.3 Å². The molecule has 0 aliphatic carbocycles. The van der Waals surface area contributed by atoms with E-state index in [1.54, 1.807) is 16.7 Å². The van der Waals surface area contributed by atoms with Gasteiger partial charge in [0.05, 0.1) is 5.39 Å². The fraction of sp³-hybridized carbons (Fsp3) is 0.350. The molecule has 0 aliphatic rings. The van der Waals surface area contributed by atoms with Gasteiger partial charge in [0.2, 0.25) is 0 Å². The second-order valence-electron chi connectivity index (χ2n) is 6.45. The average Bonchev–Trinajstić information content (AvgIpc) is 2.94. The molecule has 5 nitrogen and oxygen atoms in total. The highest BCUT2D eigenvalue weighted by Gasteiger charge is 2.19. The molecule has 0 bridgehead atoms. The quantitative estimate of drug-likeness (QED) is 0.652. The van der Waals surface area contributed by atoms with Gasteiger partial charge in [-0.15, -0.1) is 11.3 Å². The number of fused-ring (bicyclic) bond motifs is 1. The Morgan fingerprint density at radius 1 is 1.30 bits per heavy atom. The molecule has 7 heteroatoms. The molecule has 3 aromatic rings. The third-order valence-electron chi connectivity index (χ3n) is 4.45. The van der Waals surface area contributed by atoms with Crippen molar-refractivity contribution in [1.29, 1.82) is 0 Å². The molecule has 3 rings (SSSR count). The summed E-state index contributed by atoms with van der Waals surface area (Å²) >= 11 is 1.46. The minimum absolute atomic E-state index is 0.00350. The van der Waals surface area contributed by atoms with E-state index in [1.165, 1.54) is 23.5 Å². The fourth-order valence-electron chi connectivity index (χ4n) is 3.23. The van der Waals surface area contributed by atoms with Crippen molar-refractivity contribution in [3.05, 3.63) is 51.1 Å². The molecule has 0 spiro atoms. The molecule has 0 amide bonds. The SMILES string of the molecule is CCCc1nc2sc(C)c(-c3ccc(F)cc3)c2c(=O)n1CCCC(=O)O. The maximum absolute atomic E-state index is 13.3. The minimum atomic E-state index is -0.882. The van der Waals surface area contributed by atoms with Crippen LogP contribution < -0.4 is 5.56 Å². The second kappa shape index (κ2) is 8.00. The zero-order valence-electron chi connectivity index (χ0n) is 15.3. The molecular formula is C20H21FN2O3S. The number of benzene rings is 1. The standard InChI is InChI=1S/C20H21FN2O3S/c1-3-5-15-22-19-18(20(26)23(15)11-4-6-16(24)25)17(12(2)27-19)13-7-9-14(21)10-8-13/h7-10H,3-6,11H2,1-2H3,(H,24,25). The summed E-state index contributed by atoms with van der Waals surface area (Å²) < 4.78 is 14.9. The van der Waals surface area contributed by atoms with Crippen LogP contribution in [0.3, 0.4) is 0 Å². The van der Waals surface area contributed by atoms with Crippen molar-refractivity contribution < 1.29 is 14.3 Å². The van der Waals surface area contributed by atoms with Gasteiger partial charge in [0.25, 0.3) is 5.56 Å². The Balaban J connectivity index is 2.18. The summed E-state index contributed by atoms with van der Waals surface area (Å²) in [4.78, 5) is 30.5. The van der Waals surface area contributed by atoms with Crippen molar-refractivity contribution in [3.8, 4) is 11.1 Å². The molecular weight excluding hydrogens is 367 g/mol. The number of hydrogen-bond donors (Lipinski definition) is 1. The smallest absolute Gasteiger partial charge is 0.303 e. The third-order valence-corrected chi connectivity index (χ3v) is 5.44. The number of thiophene rings is 1. The van der Waals surface area contributed by atoms with Gasteiger partial charge in [-0.05, 0) is 37.5 Å². The lowest BCUT2D eigenvalue weighted by Crippen LogP contribution is -2.25. The normalized spacial score (nSPS) is 11.2. The first-order chi connectivity index (χ1) is 12.9. The number of rotatable bonds is 7. The first-order valence-corrected chi connectivity index (χ1v) is 9.74. The van der Waals surface area contributed by atoms with Crippen LogP contribution >= 0.6 is 11.3 Å². The van der Waals surface area contributed by atoms with Crippen LogP contribution in [-0.2, 0) is 17.8 Å². The van der Waals surface area contributed by atoms with Crippen LogP contribution in [-0.4, -0.2) is 20.6 Å². The number of carboxylic acids is 1. The summed E-state index contributed by atoms with van der Waals surface area (Å²) in [7, 11) is 0. The molecule has 0 saturated heterocycles. The van der Waals surface area contributed by atoms with Gasteiger partial charge in [0.15, 0.2) is 0 Å². The van der Waals surface area contributed by atoms with Crippen molar-refractivity contribution in [1.82, 2.24) is 9.55 Å². The Morgan fingerprint density at radius 2 is 2.00 bits per heavy atom. The van der Waals surface area contributed by atoms with Gasteiger partial charge >= 0.3 is 5.97 Å². The van der Waals surface area contributed by atoms with Gasteiger partial charge in [-0.25, -0.2) is 9.37 Å². The van der Waals surface area contributed by atoms with Gasteiger partial charge < -0.3 is 5.11 Å². The van der Waals surface area contributed by atoms with Gasteiger partial charge in [0, 0.05) is 29.8 Å². The number of halogens is 1. The molecule has 2 heterocycles. The van der Waals surface area contributed by atoms with Gasteiger partial charge in [0.1, 0.15) is 16.5 Å². The second-order valence-corrected chi connectivity index (χ2v) is 7.66. The zero-order chi connectivity index (χ0) is 19.6. The Bertz CT molecular complexity index is 1040. The van der Waals surface area contributed by atoms with E-state index in [0.717, 1.165) is 22.4 Å². The summed E-state index contributed by atoms with van der Waals surface area (Å²) in [6, 6.07) is 6.08. The lowest BCUT2D eigenvalue weighted by atomic mass is 10.0. The number of nitrogens with zero attached hydrogens (tertiary/aromatic N) is 2. The summed E-state index contributed by atoms with van der Waals surface area (Å²) in [5.41, 5.74) is 1.40. The van der Waals surface area contributed by atoms with E-state index in [9.17, 15) is 14.0 Å². The van der Waals surface area contributed by atoms with Gasteiger partial charge in [-0.1, -0.05) is 19.1 Å². The van der Waals surface area contributed by atoms with Crippen LogP contribution in [0.2, 0.25) is 0 Å². The molecule has 2 aromatic heterocycles. The van der Waals surface area contributed by atoms with E-state index in [0.29, 0.717) is 35.4 Å². The summed E-state index contributed by atoms with van der Waals surface area (Å²) in [6.07, 6.45) is 1.87. The number of aromatic nitrogens is 2. The largest absolute Gasteiger partial charge is 0.481 e. The molecule has 0 radical (unpaired) electrons. The van der Waals surface area contributed by atoms with E-state index in [4.69, 9.17) is 10.1 Å². The first-order valence-electron chi connectivity index (χ1n) is 8.93. The van der Waals surface area contributed by atoms with Crippen molar-refractivity contribution in [2.45, 2.75) is 46.1 Å². The Hall–Kier alpha value is -2.54. The minimum Gasteiger partial charge on any atom is -0.481 e. The highest BCUT2D eigenvalue weighted by molar-refractivity contribution is 7.19. The maximum Gasteiger partial charge on any atom is 0.303 e. The number of carboxylic acid groups (broad SMARTS) is 1. The van der Waals surface area contributed by atoms with Crippen LogP contribution in [0.5, 0.6) is 0 Å². The number of carbonyl (C=O) groups is 1. The highest BCUT2D eigenvalue weighted by Crippen LogP contribution is 2.35. The summed E-state index contributed by atoms with van der Waals surface area (Å²) in [6.45, 7) is 4.27. The molecule has 0 saturated carbocycles. The Morgan fingerprint density at radius 3 is 2.63 bits per heavy atom. The van der Waals surface area contributed by atoms with E-state index < -0.39 is 5.97 Å². The summed E-state index contributed by atoms with van der Waals surface area (Å²) in [5.74, 6) is -0.523. The fourth-order valence-corrected chi connectivity index (χ4v) is 4.29. The van der Waals surface area contributed by atoms with E-state index in [-0.39, 0.29) is 17.8 Å². The van der Waals surface area contributed by atoms with Crippen molar-refractivity contribution in [2.75, 3.05) is 0 Å². The Kier molecular flexibility index (Phi) is 5.70. The molecule has 1 N–H and O–H groups in total. The third kappa shape index (κ3) is 3.93. The van der Waals surface area contributed by atoms with E-state index >= 15 is 0 Å². The molecule has 0 aliphatic heterocycles. The van der Waals surface area contributed by atoms with Gasteiger partial charge in [-0.3, -0.25) is 14.2 Å². The monoisotopic (exact) mass is 388 g/mol. The maximum atomic E-state index is 13.3. The number of aryl methyl sites for hydroxylation is 2.